The Kier molecular flexibility index (Phi) is 4.69. The van der Waals surface area contributed by atoms with Gasteiger partial charge in [0, 0.05) is 0 Å². The van der Waals surface area contributed by atoms with Crippen LogP contribution in [-0.2, 0) is 12.7 Å². The summed E-state index contributed by atoms with van der Waals surface area (Å²) in [7, 11) is 0. The molecular formula is C13H12F3N3OS. The average Bonchev–Trinajstić information content (AvgIpc) is 2.95. The van der Waals surface area contributed by atoms with Crippen LogP contribution in [0.1, 0.15) is 11.3 Å². The fourth-order valence-electron chi connectivity index (χ4n) is 1.59. The molecule has 0 amide bonds. The third-order valence-corrected chi connectivity index (χ3v) is 2.79. The second kappa shape index (κ2) is 6.49. The van der Waals surface area contributed by atoms with E-state index in [0.717, 1.165) is 6.07 Å². The van der Waals surface area contributed by atoms with Crippen LogP contribution in [0.2, 0.25) is 0 Å². The van der Waals surface area contributed by atoms with Gasteiger partial charge in [-0.1, -0.05) is 12.1 Å². The predicted octanol–water partition coefficient (Wildman–Crippen LogP) is 3.29. The molecule has 0 radical (unpaired) electrons. The maximum atomic E-state index is 12.8. The number of hydrogen-bond acceptors (Lipinski definition) is 3. The lowest BCUT2D eigenvalue weighted by Gasteiger charge is -2.16. The van der Waals surface area contributed by atoms with Gasteiger partial charge in [-0.05, 0) is 36.5 Å². The van der Waals surface area contributed by atoms with Crippen molar-refractivity contribution >= 4 is 23.0 Å². The Morgan fingerprint density at radius 1 is 1.14 bits per heavy atom. The number of anilines is 1. The number of halogens is 3. The standard InChI is InChI=1S/C13H12F3N3OS/c14-13(15,16)10-5-1-2-6-11(10)18-19-12(21)17-8-9-4-3-7-20-9/h1-7,18H,8H2,(H2,17,19,21). The molecule has 1 heterocycles. The van der Waals surface area contributed by atoms with Gasteiger partial charge in [-0.15, -0.1) is 0 Å². The molecule has 0 unspecified atom stereocenters. The van der Waals surface area contributed by atoms with Crippen molar-refractivity contribution in [3.05, 3.63) is 54.0 Å². The molecule has 4 nitrogen and oxygen atoms in total. The topological polar surface area (TPSA) is 49.2 Å². The van der Waals surface area contributed by atoms with Gasteiger partial charge in [0.1, 0.15) is 5.76 Å². The molecule has 0 bridgehead atoms. The first-order chi connectivity index (χ1) is 9.97. The summed E-state index contributed by atoms with van der Waals surface area (Å²) in [5.41, 5.74) is 4.07. The first-order valence-corrected chi connectivity index (χ1v) is 6.36. The molecule has 0 saturated carbocycles. The molecule has 2 aromatic rings. The quantitative estimate of drug-likeness (QED) is 0.597. The first kappa shape index (κ1) is 15.2. The zero-order valence-electron chi connectivity index (χ0n) is 10.7. The molecule has 2 rings (SSSR count). The Labute approximate surface area is 124 Å². The lowest BCUT2D eigenvalue weighted by Crippen LogP contribution is -2.38. The van der Waals surface area contributed by atoms with Crippen LogP contribution < -0.4 is 16.2 Å². The van der Waals surface area contributed by atoms with Crippen molar-refractivity contribution in [2.24, 2.45) is 0 Å². The summed E-state index contributed by atoms with van der Waals surface area (Å²) in [4.78, 5) is 0. The molecule has 112 valence electrons. The van der Waals surface area contributed by atoms with Crippen LogP contribution in [0.15, 0.2) is 47.1 Å². The van der Waals surface area contributed by atoms with Gasteiger partial charge in [-0.25, -0.2) is 0 Å². The van der Waals surface area contributed by atoms with Crippen LogP contribution in [-0.4, -0.2) is 5.11 Å². The molecule has 21 heavy (non-hydrogen) atoms. The van der Waals surface area contributed by atoms with E-state index in [2.05, 4.69) is 16.2 Å². The molecule has 0 aliphatic heterocycles. The Morgan fingerprint density at radius 3 is 2.57 bits per heavy atom. The summed E-state index contributed by atoms with van der Waals surface area (Å²) >= 11 is 4.96. The summed E-state index contributed by atoms with van der Waals surface area (Å²) in [6, 6.07) is 8.60. The van der Waals surface area contributed by atoms with Crippen molar-refractivity contribution in [1.29, 1.82) is 0 Å². The molecule has 3 N–H and O–H groups in total. The fourth-order valence-corrected chi connectivity index (χ4v) is 1.71. The van der Waals surface area contributed by atoms with E-state index in [-0.39, 0.29) is 10.8 Å². The van der Waals surface area contributed by atoms with Crippen LogP contribution in [0, 0.1) is 0 Å². The molecule has 0 aliphatic carbocycles. The monoisotopic (exact) mass is 315 g/mol. The van der Waals surface area contributed by atoms with Crippen LogP contribution in [0.25, 0.3) is 0 Å². The Morgan fingerprint density at radius 2 is 1.90 bits per heavy atom. The van der Waals surface area contributed by atoms with E-state index in [1.807, 2.05) is 0 Å². The van der Waals surface area contributed by atoms with E-state index in [9.17, 15) is 13.2 Å². The van der Waals surface area contributed by atoms with Gasteiger partial charge in [-0.3, -0.25) is 10.9 Å². The Hall–Kier alpha value is -2.22. The lowest BCUT2D eigenvalue weighted by molar-refractivity contribution is -0.137. The molecule has 0 spiro atoms. The SMILES string of the molecule is FC(F)(F)c1ccccc1NNC(=S)NCc1ccco1. The van der Waals surface area contributed by atoms with E-state index in [4.69, 9.17) is 16.6 Å². The molecule has 0 saturated heterocycles. The van der Waals surface area contributed by atoms with Crippen molar-refractivity contribution < 1.29 is 17.6 Å². The molecule has 1 aromatic heterocycles. The normalized spacial score (nSPS) is 11.0. The third-order valence-electron chi connectivity index (χ3n) is 2.55. The highest BCUT2D eigenvalue weighted by Crippen LogP contribution is 2.34. The molecule has 0 atom stereocenters. The van der Waals surface area contributed by atoms with Gasteiger partial charge in [0.15, 0.2) is 5.11 Å². The predicted molar refractivity (Wildman–Crippen MR) is 76.3 cm³/mol. The van der Waals surface area contributed by atoms with Crippen LogP contribution in [0.5, 0.6) is 0 Å². The maximum Gasteiger partial charge on any atom is 0.418 e. The number of thiocarbonyl (C=S) groups is 1. The van der Waals surface area contributed by atoms with Gasteiger partial charge >= 0.3 is 6.18 Å². The lowest BCUT2D eigenvalue weighted by atomic mass is 10.2. The van der Waals surface area contributed by atoms with Gasteiger partial charge in [0.2, 0.25) is 0 Å². The fraction of sp³-hybridized carbons (Fsp3) is 0.154. The molecule has 0 aliphatic rings. The third kappa shape index (κ3) is 4.38. The minimum Gasteiger partial charge on any atom is -0.467 e. The van der Waals surface area contributed by atoms with Gasteiger partial charge in [0.05, 0.1) is 24.1 Å². The summed E-state index contributed by atoms with van der Waals surface area (Å²) < 4.78 is 43.4. The van der Waals surface area contributed by atoms with Crippen LogP contribution in [0.4, 0.5) is 18.9 Å². The number of rotatable bonds is 4. The number of hydrogen-bond donors (Lipinski definition) is 3. The number of hydrazine groups is 1. The maximum absolute atomic E-state index is 12.8. The number of benzene rings is 1. The minimum atomic E-state index is -4.44. The summed E-state index contributed by atoms with van der Waals surface area (Å²) in [6.45, 7) is 0.335. The van der Waals surface area contributed by atoms with E-state index >= 15 is 0 Å². The van der Waals surface area contributed by atoms with Crippen molar-refractivity contribution in [3.63, 3.8) is 0 Å². The first-order valence-electron chi connectivity index (χ1n) is 5.95. The second-order valence-corrected chi connectivity index (χ2v) is 4.46. The number of alkyl halides is 3. The van der Waals surface area contributed by atoms with E-state index in [1.54, 1.807) is 12.1 Å². The Balaban J connectivity index is 1.89. The zero-order valence-corrected chi connectivity index (χ0v) is 11.5. The molecule has 8 heteroatoms. The van der Waals surface area contributed by atoms with E-state index < -0.39 is 11.7 Å². The molecule has 0 fully saturated rings. The summed E-state index contributed by atoms with van der Waals surface area (Å²) in [6.07, 6.45) is -2.92. The Bertz CT molecular complexity index is 599. The minimum absolute atomic E-state index is 0.104. The number of para-hydroxylation sites is 1. The number of furan rings is 1. The smallest absolute Gasteiger partial charge is 0.418 e. The summed E-state index contributed by atoms with van der Waals surface area (Å²) in [5, 5.41) is 2.95. The van der Waals surface area contributed by atoms with Crippen molar-refractivity contribution in [1.82, 2.24) is 10.7 Å². The summed E-state index contributed by atoms with van der Waals surface area (Å²) in [5.74, 6) is 0.662. The highest BCUT2D eigenvalue weighted by atomic mass is 32.1. The highest BCUT2D eigenvalue weighted by Gasteiger charge is 2.33. The van der Waals surface area contributed by atoms with E-state index in [0.29, 0.717) is 12.3 Å². The van der Waals surface area contributed by atoms with Crippen molar-refractivity contribution in [3.8, 4) is 0 Å². The van der Waals surface area contributed by atoms with Crippen LogP contribution >= 0.6 is 12.2 Å². The van der Waals surface area contributed by atoms with Crippen molar-refractivity contribution in [2.45, 2.75) is 12.7 Å². The zero-order chi connectivity index (χ0) is 15.3. The van der Waals surface area contributed by atoms with Gasteiger partial charge < -0.3 is 9.73 Å². The molecular weight excluding hydrogens is 303 g/mol. The molecule has 1 aromatic carbocycles. The second-order valence-electron chi connectivity index (χ2n) is 4.06. The average molecular weight is 315 g/mol. The van der Waals surface area contributed by atoms with Crippen molar-refractivity contribution in [2.75, 3.05) is 5.43 Å². The largest absolute Gasteiger partial charge is 0.467 e. The van der Waals surface area contributed by atoms with E-state index in [1.165, 1.54) is 24.5 Å². The van der Waals surface area contributed by atoms with Crippen LogP contribution in [0.3, 0.4) is 0 Å². The highest BCUT2D eigenvalue weighted by molar-refractivity contribution is 7.80. The van der Waals surface area contributed by atoms with Gasteiger partial charge in [-0.2, -0.15) is 13.2 Å². The number of nitrogens with one attached hydrogen (secondary N) is 3. The van der Waals surface area contributed by atoms with Gasteiger partial charge in [0.25, 0.3) is 0 Å².